The van der Waals surface area contributed by atoms with E-state index in [1.807, 2.05) is 49.4 Å². The number of fused-ring (bicyclic) bond motifs is 2. The fourth-order valence-electron chi connectivity index (χ4n) is 3.86. The zero-order chi connectivity index (χ0) is 22.9. The number of hydrogen-bond donors (Lipinski definition) is 2. The molecule has 1 aromatic heterocycles. The van der Waals surface area contributed by atoms with E-state index in [4.69, 9.17) is 9.88 Å². The highest BCUT2D eigenvalue weighted by Gasteiger charge is 2.19. The molecule has 3 N–H and O–H groups in total. The lowest BCUT2D eigenvalue weighted by atomic mass is 10.1. The number of aliphatic hydroxyl groups excluding tert-OH is 1. The van der Waals surface area contributed by atoms with Crippen molar-refractivity contribution in [3.05, 3.63) is 71.1 Å². The molecule has 0 fully saturated rings. The highest BCUT2D eigenvalue weighted by Crippen LogP contribution is 2.25. The van der Waals surface area contributed by atoms with E-state index < -0.39 is 16.1 Å². The Morgan fingerprint density at radius 1 is 1.03 bits per heavy atom. The van der Waals surface area contributed by atoms with Gasteiger partial charge in [-0.2, -0.15) is 0 Å². The number of aliphatic hydroxyl groups is 1. The van der Waals surface area contributed by atoms with Crippen LogP contribution in [0.15, 0.2) is 70.4 Å². The summed E-state index contributed by atoms with van der Waals surface area (Å²) in [4.78, 5) is 12.9. The average molecular weight is 456 g/mol. The van der Waals surface area contributed by atoms with Crippen molar-refractivity contribution < 1.29 is 18.3 Å². The molecule has 4 rings (SSSR count). The summed E-state index contributed by atoms with van der Waals surface area (Å²) in [5, 5.41) is 17.9. The number of nitrogens with two attached hydrogens (primary N) is 1. The zero-order valence-corrected chi connectivity index (χ0v) is 18.5. The van der Waals surface area contributed by atoms with Crippen LogP contribution in [0.25, 0.3) is 21.8 Å². The molecule has 0 aliphatic carbocycles. The van der Waals surface area contributed by atoms with Crippen molar-refractivity contribution in [1.29, 1.82) is 0 Å². The lowest BCUT2D eigenvalue weighted by molar-refractivity contribution is 0.0932. The Labute approximate surface area is 185 Å². The molecule has 8 nitrogen and oxygen atoms in total. The number of primary sulfonamides is 1. The molecule has 1 atom stereocenters. The molecule has 0 spiro atoms. The van der Waals surface area contributed by atoms with Crippen LogP contribution in [-0.4, -0.2) is 35.4 Å². The van der Waals surface area contributed by atoms with Crippen LogP contribution in [0, 0.1) is 0 Å². The van der Waals surface area contributed by atoms with Crippen LogP contribution in [-0.2, 0) is 23.1 Å². The van der Waals surface area contributed by atoms with Crippen molar-refractivity contribution in [1.82, 2.24) is 9.13 Å². The summed E-state index contributed by atoms with van der Waals surface area (Å²) in [6.45, 7) is 2.33. The van der Waals surface area contributed by atoms with E-state index in [1.54, 1.807) is 10.6 Å². The smallest absolute Gasteiger partial charge is 0.329 e. The Balaban J connectivity index is 1.63. The van der Waals surface area contributed by atoms with Crippen LogP contribution in [0.1, 0.15) is 13.3 Å². The SMILES string of the molecule is CCCn1c(=O)n(C[C@H](O)COc2cccc3ccccc23)c2cc(S(N)(=O)=O)ccc21. The minimum absolute atomic E-state index is 0.0320. The molecule has 0 saturated heterocycles. The van der Waals surface area contributed by atoms with Crippen molar-refractivity contribution >= 4 is 31.8 Å². The number of imidazole rings is 1. The highest BCUT2D eigenvalue weighted by molar-refractivity contribution is 7.89. The van der Waals surface area contributed by atoms with Gasteiger partial charge in [0.05, 0.1) is 22.5 Å². The van der Waals surface area contributed by atoms with E-state index in [1.165, 1.54) is 16.7 Å². The van der Waals surface area contributed by atoms with E-state index in [9.17, 15) is 18.3 Å². The molecule has 0 saturated carbocycles. The van der Waals surface area contributed by atoms with Gasteiger partial charge >= 0.3 is 5.69 Å². The molecule has 1 heterocycles. The van der Waals surface area contributed by atoms with Gasteiger partial charge in [0.15, 0.2) is 0 Å². The number of aryl methyl sites for hydroxylation is 1. The molecular formula is C23H25N3O5S. The Hall–Kier alpha value is -3.14. The summed E-state index contributed by atoms with van der Waals surface area (Å²) in [6, 6.07) is 17.8. The molecule has 4 aromatic rings. The molecule has 0 aliphatic heterocycles. The van der Waals surface area contributed by atoms with Gasteiger partial charge in [-0.3, -0.25) is 9.13 Å². The first-order valence-electron chi connectivity index (χ1n) is 10.3. The number of rotatable bonds is 8. The fourth-order valence-corrected chi connectivity index (χ4v) is 4.40. The summed E-state index contributed by atoms with van der Waals surface area (Å²) in [7, 11) is -3.93. The number of hydrogen-bond acceptors (Lipinski definition) is 5. The predicted octanol–water partition coefficient (Wildman–Crippen LogP) is 2.45. The Morgan fingerprint density at radius 2 is 1.78 bits per heavy atom. The summed E-state index contributed by atoms with van der Waals surface area (Å²) in [5.74, 6) is 0.638. The Morgan fingerprint density at radius 3 is 2.53 bits per heavy atom. The minimum Gasteiger partial charge on any atom is -0.490 e. The van der Waals surface area contributed by atoms with E-state index in [0.717, 1.165) is 17.2 Å². The molecule has 0 aliphatic rings. The first-order valence-corrected chi connectivity index (χ1v) is 11.9. The maximum atomic E-state index is 13.0. The van der Waals surface area contributed by atoms with Gasteiger partial charge in [0, 0.05) is 11.9 Å². The molecule has 3 aromatic carbocycles. The number of sulfonamides is 1. The molecule has 9 heteroatoms. The first kappa shape index (κ1) is 22.1. The van der Waals surface area contributed by atoms with E-state index in [2.05, 4.69) is 0 Å². The van der Waals surface area contributed by atoms with Crippen molar-refractivity contribution in [2.75, 3.05) is 6.61 Å². The molecular weight excluding hydrogens is 430 g/mol. The minimum atomic E-state index is -3.93. The van der Waals surface area contributed by atoms with Gasteiger partial charge in [0.1, 0.15) is 18.5 Å². The van der Waals surface area contributed by atoms with Gasteiger partial charge < -0.3 is 9.84 Å². The van der Waals surface area contributed by atoms with Crippen LogP contribution < -0.4 is 15.6 Å². The third-order valence-electron chi connectivity index (χ3n) is 5.34. The standard InChI is InChI=1S/C23H25N3O5S/c1-2-12-25-20-11-10-18(32(24,29)30)13-21(20)26(23(25)28)14-17(27)15-31-22-9-5-7-16-6-3-4-8-19(16)22/h3-11,13,17,27H,2,12,14-15H2,1H3,(H2,24,29,30)/t17-/m0/s1. The maximum absolute atomic E-state index is 13.0. The molecule has 0 amide bonds. The van der Waals surface area contributed by atoms with Gasteiger partial charge in [0.25, 0.3) is 0 Å². The Bertz CT molecular complexity index is 1430. The van der Waals surface area contributed by atoms with Gasteiger partial charge in [-0.1, -0.05) is 43.3 Å². The predicted molar refractivity (Wildman–Crippen MR) is 123 cm³/mol. The topological polar surface area (TPSA) is 117 Å². The number of ether oxygens (including phenoxy) is 1. The van der Waals surface area contributed by atoms with Gasteiger partial charge in [-0.25, -0.2) is 18.4 Å². The quantitative estimate of drug-likeness (QED) is 0.423. The summed E-state index contributed by atoms with van der Waals surface area (Å²) in [5.41, 5.74) is 0.670. The van der Waals surface area contributed by atoms with E-state index in [-0.39, 0.29) is 23.7 Å². The highest BCUT2D eigenvalue weighted by atomic mass is 32.2. The second-order valence-electron chi connectivity index (χ2n) is 7.68. The van der Waals surface area contributed by atoms with Crippen molar-refractivity contribution in [2.24, 2.45) is 5.14 Å². The molecule has 0 radical (unpaired) electrons. The van der Waals surface area contributed by atoms with Gasteiger partial charge in [-0.05, 0) is 36.1 Å². The lowest BCUT2D eigenvalue weighted by Gasteiger charge is -2.14. The number of benzene rings is 3. The largest absolute Gasteiger partial charge is 0.490 e. The second kappa shape index (κ2) is 8.78. The van der Waals surface area contributed by atoms with Crippen molar-refractivity contribution in [3.63, 3.8) is 0 Å². The first-order chi connectivity index (χ1) is 15.3. The van der Waals surface area contributed by atoms with Gasteiger partial charge in [0.2, 0.25) is 10.0 Å². The lowest BCUT2D eigenvalue weighted by Crippen LogP contribution is -2.31. The second-order valence-corrected chi connectivity index (χ2v) is 9.24. The number of aromatic nitrogens is 2. The third-order valence-corrected chi connectivity index (χ3v) is 6.25. The average Bonchev–Trinajstić information content (AvgIpc) is 3.02. The normalized spacial score (nSPS) is 13.0. The van der Waals surface area contributed by atoms with Crippen LogP contribution in [0.2, 0.25) is 0 Å². The van der Waals surface area contributed by atoms with Crippen LogP contribution in [0.3, 0.4) is 0 Å². The molecule has 32 heavy (non-hydrogen) atoms. The fraction of sp³-hybridized carbons (Fsp3) is 0.261. The molecule has 0 bridgehead atoms. The zero-order valence-electron chi connectivity index (χ0n) is 17.6. The van der Waals surface area contributed by atoms with Crippen LogP contribution >= 0.6 is 0 Å². The van der Waals surface area contributed by atoms with E-state index in [0.29, 0.717) is 23.3 Å². The monoisotopic (exact) mass is 455 g/mol. The van der Waals surface area contributed by atoms with Gasteiger partial charge in [-0.15, -0.1) is 0 Å². The third kappa shape index (κ3) is 4.27. The van der Waals surface area contributed by atoms with Crippen molar-refractivity contribution in [2.45, 2.75) is 37.4 Å². The number of nitrogens with zero attached hydrogens (tertiary/aromatic N) is 2. The molecule has 168 valence electrons. The Kier molecular flexibility index (Phi) is 6.05. The van der Waals surface area contributed by atoms with Crippen LogP contribution in [0.4, 0.5) is 0 Å². The maximum Gasteiger partial charge on any atom is 0.329 e. The van der Waals surface area contributed by atoms with Crippen molar-refractivity contribution in [3.8, 4) is 5.75 Å². The van der Waals surface area contributed by atoms with E-state index >= 15 is 0 Å². The van der Waals surface area contributed by atoms with Crippen LogP contribution in [0.5, 0.6) is 5.75 Å². The summed E-state index contributed by atoms with van der Waals surface area (Å²) < 4.78 is 32.4. The molecule has 0 unspecified atom stereocenters. The summed E-state index contributed by atoms with van der Waals surface area (Å²) >= 11 is 0. The summed E-state index contributed by atoms with van der Waals surface area (Å²) in [6.07, 6.45) is -0.270.